The number of hydrogen-bond donors (Lipinski definition) is 3. The van der Waals surface area contributed by atoms with Crippen LogP contribution in [0.15, 0.2) is 42.5 Å². The predicted molar refractivity (Wildman–Crippen MR) is 180 cm³/mol. The maximum atomic E-state index is 13.1. The number of fused-ring (bicyclic) bond motifs is 1. The average Bonchev–Trinajstić information content (AvgIpc) is 3.35. The molecule has 3 amide bonds. The lowest BCUT2D eigenvalue weighted by molar-refractivity contribution is -0.188. The van der Waals surface area contributed by atoms with Crippen LogP contribution in [0.25, 0.3) is 0 Å². The van der Waals surface area contributed by atoms with Gasteiger partial charge in [-0.1, -0.05) is 38.1 Å². The zero-order valence-electron chi connectivity index (χ0n) is 27.9. The molecule has 9 nitrogen and oxygen atoms in total. The normalized spacial score (nSPS) is 30.6. The minimum Gasteiger partial charge on any atom is -0.385 e. The highest BCUT2D eigenvalue weighted by Gasteiger charge is 2.68. The molecule has 2 bridgehead atoms. The van der Waals surface area contributed by atoms with Crippen molar-refractivity contribution in [3.05, 3.63) is 64.7 Å². The molecule has 9 rings (SSSR count). The number of aliphatic hydroxyl groups is 1. The third-order valence-electron chi connectivity index (χ3n) is 12.8. The molecule has 0 aromatic heterocycles. The van der Waals surface area contributed by atoms with Crippen molar-refractivity contribution in [2.75, 3.05) is 31.1 Å². The molecule has 0 spiro atoms. The fourth-order valence-corrected chi connectivity index (χ4v) is 9.65. The SMILES string of the molecule is CC(C)C12CC(NC3CCN(c4ccc(CN5CCC(O)(c6ccc7c(c6)CN(C6CCC(=O)NC6=O)C7=O)CC5)cc4)CC3)(C1)C2. The summed E-state index contributed by atoms with van der Waals surface area (Å²) in [5, 5.41) is 18.1. The lowest BCUT2D eigenvalue weighted by atomic mass is 9.36. The molecule has 4 heterocycles. The van der Waals surface area contributed by atoms with Gasteiger partial charge in [-0.25, -0.2) is 0 Å². The summed E-state index contributed by atoms with van der Waals surface area (Å²) in [6.45, 7) is 9.77. The molecule has 6 fully saturated rings. The van der Waals surface area contributed by atoms with E-state index in [1.165, 1.54) is 43.4 Å². The topological polar surface area (TPSA) is 105 Å². The third-order valence-corrected chi connectivity index (χ3v) is 12.8. The van der Waals surface area contributed by atoms with E-state index in [1.807, 2.05) is 12.1 Å². The summed E-state index contributed by atoms with van der Waals surface area (Å²) in [7, 11) is 0. The van der Waals surface area contributed by atoms with Crippen LogP contribution >= 0.6 is 0 Å². The van der Waals surface area contributed by atoms with Crippen LogP contribution in [-0.2, 0) is 28.3 Å². The molecule has 3 saturated heterocycles. The van der Waals surface area contributed by atoms with Crippen LogP contribution in [0.2, 0.25) is 0 Å². The third kappa shape index (κ3) is 5.48. The van der Waals surface area contributed by atoms with Gasteiger partial charge in [-0.15, -0.1) is 0 Å². The van der Waals surface area contributed by atoms with Gasteiger partial charge in [0.1, 0.15) is 6.04 Å². The summed E-state index contributed by atoms with van der Waals surface area (Å²) in [5.74, 6) is -0.0618. The van der Waals surface area contributed by atoms with Crippen LogP contribution in [0, 0.1) is 11.3 Å². The number of rotatable bonds is 8. The molecule has 2 aromatic carbocycles. The molecular formula is C38H49N5O4. The Bertz CT molecular complexity index is 1550. The minimum absolute atomic E-state index is 0.185. The van der Waals surface area contributed by atoms with Gasteiger partial charge in [0, 0.05) is 68.5 Å². The molecule has 4 aliphatic heterocycles. The van der Waals surface area contributed by atoms with Crippen molar-refractivity contribution < 1.29 is 19.5 Å². The van der Waals surface area contributed by atoms with Gasteiger partial charge in [0.25, 0.3) is 5.91 Å². The van der Waals surface area contributed by atoms with E-state index in [0.29, 0.717) is 48.4 Å². The van der Waals surface area contributed by atoms with E-state index >= 15 is 0 Å². The van der Waals surface area contributed by atoms with Crippen LogP contribution in [0.4, 0.5) is 5.69 Å². The Morgan fingerprint density at radius 3 is 2.30 bits per heavy atom. The van der Waals surface area contributed by atoms with E-state index in [4.69, 9.17) is 0 Å². The molecule has 7 aliphatic rings. The first-order valence-electron chi connectivity index (χ1n) is 17.9. The Balaban J connectivity index is 0.814. The summed E-state index contributed by atoms with van der Waals surface area (Å²) in [6, 6.07) is 14.7. The number of hydrogen-bond acceptors (Lipinski definition) is 7. The van der Waals surface area contributed by atoms with E-state index in [-0.39, 0.29) is 18.2 Å². The molecular weight excluding hydrogens is 590 g/mol. The first-order valence-corrected chi connectivity index (χ1v) is 17.9. The largest absolute Gasteiger partial charge is 0.385 e. The van der Waals surface area contributed by atoms with Crippen LogP contribution in [0.5, 0.6) is 0 Å². The molecule has 3 saturated carbocycles. The van der Waals surface area contributed by atoms with Gasteiger partial charge < -0.3 is 20.2 Å². The number of piperidine rings is 3. The zero-order chi connectivity index (χ0) is 32.6. The van der Waals surface area contributed by atoms with Gasteiger partial charge in [-0.05, 0) is 97.6 Å². The molecule has 3 aliphatic carbocycles. The van der Waals surface area contributed by atoms with E-state index in [9.17, 15) is 19.5 Å². The summed E-state index contributed by atoms with van der Waals surface area (Å²) in [4.78, 5) is 43.6. The number of carbonyl (C=O) groups excluding carboxylic acids is 3. The lowest BCUT2D eigenvalue weighted by Gasteiger charge is -2.74. The van der Waals surface area contributed by atoms with E-state index in [0.717, 1.165) is 49.8 Å². The standard InChI is InChI=1S/C38H49N5O4/c1-25(2)36-22-37(23-36,24-36)40-29-11-15-42(16-12-29)30-6-3-26(4-7-30)20-41-17-13-38(47,14-18-41)28-5-8-31-27(19-28)21-43(35(31)46)32-9-10-33(44)39-34(32)45/h3-8,19,25,29,32,40,47H,9-18,20-24H2,1-2H3,(H,39,44,45). The molecule has 1 unspecified atom stereocenters. The Hall–Kier alpha value is -3.27. The summed E-state index contributed by atoms with van der Waals surface area (Å²) < 4.78 is 0. The quantitative estimate of drug-likeness (QED) is 0.374. The van der Waals surface area contributed by atoms with Crippen molar-refractivity contribution >= 4 is 23.4 Å². The monoisotopic (exact) mass is 639 g/mol. The van der Waals surface area contributed by atoms with E-state index < -0.39 is 17.6 Å². The Labute approximate surface area is 278 Å². The van der Waals surface area contributed by atoms with Gasteiger partial charge in [0.15, 0.2) is 0 Å². The number of anilines is 1. The first kappa shape index (κ1) is 31.0. The highest BCUT2D eigenvalue weighted by atomic mass is 16.3. The molecule has 0 radical (unpaired) electrons. The molecule has 250 valence electrons. The number of nitrogens with one attached hydrogen (secondary N) is 2. The average molecular weight is 640 g/mol. The molecule has 2 aromatic rings. The number of imide groups is 1. The first-order chi connectivity index (χ1) is 22.5. The van der Waals surface area contributed by atoms with Crippen LogP contribution in [0.3, 0.4) is 0 Å². The number of carbonyl (C=O) groups is 3. The highest BCUT2D eigenvalue weighted by Crippen LogP contribution is 2.70. The number of nitrogens with zero attached hydrogens (tertiary/aromatic N) is 3. The summed E-state index contributed by atoms with van der Waals surface area (Å²) >= 11 is 0. The summed E-state index contributed by atoms with van der Waals surface area (Å²) in [6.07, 6.45) is 8.42. The van der Waals surface area contributed by atoms with Gasteiger partial charge >= 0.3 is 0 Å². The van der Waals surface area contributed by atoms with Crippen molar-refractivity contribution in [1.82, 2.24) is 20.4 Å². The fourth-order valence-electron chi connectivity index (χ4n) is 9.65. The second-order valence-corrected chi connectivity index (χ2v) is 16.0. The zero-order valence-corrected chi connectivity index (χ0v) is 27.9. The van der Waals surface area contributed by atoms with E-state index in [2.05, 4.69) is 58.5 Å². The Morgan fingerprint density at radius 2 is 1.64 bits per heavy atom. The van der Waals surface area contributed by atoms with Crippen LogP contribution in [0.1, 0.15) is 98.7 Å². The smallest absolute Gasteiger partial charge is 0.255 e. The van der Waals surface area contributed by atoms with Crippen molar-refractivity contribution in [3.8, 4) is 0 Å². The number of amides is 3. The van der Waals surface area contributed by atoms with Gasteiger partial charge in [0.2, 0.25) is 11.8 Å². The van der Waals surface area contributed by atoms with Gasteiger partial charge in [-0.2, -0.15) is 0 Å². The number of likely N-dealkylation sites (tertiary alicyclic amines) is 1. The minimum atomic E-state index is -0.948. The maximum Gasteiger partial charge on any atom is 0.255 e. The molecule has 3 N–H and O–H groups in total. The van der Waals surface area contributed by atoms with Crippen molar-refractivity contribution in [3.63, 3.8) is 0 Å². The Kier molecular flexibility index (Phi) is 7.54. The molecule has 47 heavy (non-hydrogen) atoms. The van der Waals surface area contributed by atoms with Gasteiger partial charge in [-0.3, -0.25) is 24.6 Å². The van der Waals surface area contributed by atoms with E-state index in [1.54, 1.807) is 11.0 Å². The van der Waals surface area contributed by atoms with Crippen molar-refractivity contribution in [2.24, 2.45) is 11.3 Å². The van der Waals surface area contributed by atoms with Gasteiger partial charge in [0.05, 0.1) is 5.60 Å². The second-order valence-electron chi connectivity index (χ2n) is 16.0. The predicted octanol–water partition coefficient (Wildman–Crippen LogP) is 4.07. The molecule has 9 heteroatoms. The summed E-state index contributed by atoms with van der Waals surface area (Å²) in [5.41, 5.74) is 5.03. The fraction of sp³-hybridized carbons (Fsp3) is 0.605. The van der Waals surface area contributed by atoms with Crippen molar-refractivity contribution in [2.45, 2.75) is 108 Å². The second kappa shape index (κ2) is 11.4. The highest BCUT2D eigenvalue weighted by molar-refractivity contribution is 6.05. The van der Waals surface area contributed by atoms with Crippen molar-refractivity contribution in [1.29, 1.82) is 0 Å². The lowest BCUT2D eigenvalue weighted by Crippen LogP contribution is -2.76. The van der Waals surface area contributed by atoms with Crippen LogP contribution < -0.4 is 15.5 Å². The Morgan fingerprint density at radius 1 is 0.936 bits per heavy atom. The maximum absolute atomic E-state index is 13.1. The van der Waals surface area contributed by atoms with Crippen LogP contribution in [-0.4, -0.2) is 76.4 Å². The number of benzene rings is 2. The molecule has 1 atom stereocenters.